The van der Waals surface area contributed by atoms with E-state index < -0.39 is 0 Å². The SMILES string of the molecule is CCCCCCCCCCCCn1c2ccc(-c3ccc(C4=C5C(=O)N(CC(CC)CCCC)C(c6ccc(-c7ccc(-c8ccc(-c9ccc(C%10=C%11C(=O)N(CC(CC)CCCC)C(c%12ccc(-c%13ccc%14c(c%13)c%13c%15ccccc%15sc%13n%14CCCCCCCCCCCC)s%12)=C%11C(=O)N%10CC(CC)CCCC)s9)s8)s7)s6)=C5C(=O)N4CC(CC)CCCC)s3)cc2c2c3ccccc3sc21. The van der Waals surface area contributed by atoms with Crippen LogP contribution in [0.4, 0.5) is 0 Å². The molecule has 0 saturated heterocycles. The fourth-order valence-electron chi connectivity index (χ4n) is 22.3. The summed E-state index contributed by atoms with van der Waals surface area (Å²) in [5.74, 6) is 0.870. The van der Waals surface area contributed by atoms with Crippen molar-refractivity contribution in [1.82, 2.24) is 28.7 Å². The van der Waals surface area contributed by atoms with Crippen molar-refractivity contribution >= 4 is 200 Å². The van der Waals surface area contributed by atoms with Gasteiger partial charge in [0.05, 0.1) is 64.6 Å². The van der Waals surface area contributed by atoms with E-state index in [0.717, 1.165) is 199 Å². The lowest BCUT2D eigenvalue weighted by Gasteiger charge is -2.29. The summed E-state index contributed by atoms with van der Waals surface area (Å²) in [6.45, 7) is 26.9. The van der Waals surface area contributed by atoms with Crippen LogP contribution < -0.4 is 0 Å². The van der Waals surface area contributed by atoms with Gasteiger partial charge in [0.1, 0.15) is 9.66 Å². The van der Waals surface area contributed by atoms with E-state index >= 15 is 19.2 Å². The first-order valence-corrected chi connectivity index (χ1v) is 60.0. The molecule has 0 fully saturated rings. The predicted molar refractivity (Wildman–Crippen MR) is 602 cm³/mol. The third-order valence-corrected chi connectivity index (χ3v) is 40.0. The van der Waals surface area contributed by atoms with Gasteiger partial charge in [-0.15, -0.1) is 90.7 Å². The fourth-order valence-corrected chi connectivity index (χ4v) is 31.3. The van der Waals surface area contributed by atoms with Crippen LogP contribution in [-0.4, -0.2) is 78.5 Å². The van der Waals surface area contributed by atoms with Crippen molar-refractivity contribution in [2.24, 2.45) is 23.7 Å². The van der Waals surface area contributed by atoms with Gasteiger partial charge in [0.25, 0.3) is 23.6 Å². The molecule has 4 aliphatic rings. The molecule has 14 heterocycles. The van der Waals surface area contributed by atoms with Crippen molar-refractivity contribution in [3.05, 3.63) is 200 Å². The van der Waals surface area contributed by atoms with Gasteiger partial charge in [-0.05, 0) is 183 Å². The second-order valence-electron chi connectivity index (χ2n) is 39.9. The van der Waals surface area contributed by atoms with Crippen molar-refractivity contribution in [3.8, 4) is 50.1 Å². The summed E-state index contributed by atoms with van der Waals surface area (Å²) in [6, 6.07) is 58.9. The Labute approximate surface area is 853 Å². The highest BCUT2D eigenvalue weighted by Gasteiger charge is 2.52. The Morgan fingerprint density at radius 2 is 0.486 bits per heavy atom. The minimum atomic E-state index is -0.0529. The minimum absolute atomic E-state index is 0.0529. The molecule has 138 heavy (non-hydrogen) atoms. The standard InChI is InChI=1S/C120H144N6O4S8/c1-11-21-27-29-31-33-35-37-39-45-71-121-89-57-55-83(73-87(89)105-85-51-41-43-53-93(85)137-119(105)121)91-59-67-101(131-91)111-107-109(117(129)123(111)75-79(17-7)47-23-13-3)113(125(115(107)127)77-81(19-9)49-25-15-5)103-69-65-99(135-103)97-63-61-95(133-97)96-62-64-98(134-96)100-66-70-104(136-100)114-110-108(116(128)126(114)78-82(20-10)50-26-16-6)112(124(118(110)130)76-80(18-8)48-24-14-4)102-68-60-92(132-102)84-56-58-90-88(74-84)106-86-52-42-44-54-94(86)138-120(106)122(90)72-46-40-38-36-34-32-30-28-22-12-2/h41-44,51-70,73-74,79-82H,11-40,45-50,71-72,75-78H2,1-10H3. The molecule has 4 unspecified atom stereocenters. The number of amides is 4. The molecule has 0 radical (unpaired) electrons. The smallest absolute Gasteiger partial charge is 0.261 e. The zero-order valence-electron chi connectivity index (χ0n) is 83.6. The van der Waals surface area contributed by atoms with Gasteiger partial charge in [-0.2, -0.15) is 0 Å². The molecule has 18 heteroatoms. The third kappa shape index (κ3) is 20.7. The maximum atomic E-state index is 16.2. The van der Waals surface area contributed by atoms with Crippen LogP contribution in [0.5, 0.6) is 0 Å². The first kappa shape index (κ1) is 99.6. The zero-order chi connectivity index (χ0) is 95.5. The Kier molecular flexibility index (Phi) is 33.7. The molecule has 0 aliphatic carbocycles. The number of benzene rings is 4. The molecule has 0 bridgehead atoms. The summed E-state index contributed by atoms with van der Waals surface area (Å²) < 4.78 is 7.87. The number of nitrogens with zero attached hydrogens (tertiary/aromatic N) is 6. The van der Waals surface area contributed by atoms with Crippen LogP contribution in [0.15, 0.2) is 180 Å². The Hall–Kier alpha value is -8.56. The lowest BCUT2D eigenvalue weighted by Crippen LogP contribution is -2.34. The Morgan fingerprint density at radius 3 is 0.768 bits per heavy atom. The van der Waals surface area contributed by atoms with Crippen LogP contribution in [0.2, 0.25) is 0 Å². The number of carbonyl (C=O) groups is 4. The summed E-state index contributed by atoms with van der Waals surface area (Å²) in [7, 11) is 0. The van der Waals surface area contributed by atoms with Gasteiger partial charge in [-0.3, -0.25) is 19.2 Å². The third-order valence-electron chi connectivity index (χ3n) is 30.4. The van der Waals surface area contributed by atoms with E-state index in [-0.39, 0.29) is 47.3 Å². The van der Waals surface area contributed by atoms with Crippen molar-refractivity contribution in [2.75, 3.05) is 26.2 Å². The van der Waals surface area contributed by atoms with Gasteiger partial charge in [-0.25, -0.2) is 0 Å². The molecule has 10 nitrogen and oxygen atoms in total. The van der Waals surface area contributed by atoms with Crippen LogP contribution in [-0.2, 0) is 32.3 Å². The number of hydrogen-bond donors (Lipinski definition) is 0. The Morgan fingerprint density at radius 1 is 0.239 bits per heavy atom. The number of hydrogen-bond acceptors (Lipinski definition) is 12. The summed E-state index contributed by atoms with van der Waals surface area (Å²) in [4.78, 5) is 88.6. The van der Waals surface area contributed by atoms with Crippen molar-refractivity contribution < 1.29 is 19.2 Å². The molecule has 4 amide bonds. The van der Waals surface area contributed by atoms with Crippen molar-refractivity contribution in [3.63, 3.8) is 0 Å². The van der Waals surface area contributed by atoms with E-state index in [4.69, 9.17) is 0 Å². The Balaban J connectivity index is 0.650. The summed E-state index contributed by atoms with van der Waals surface area (Å²) in [6.07, 6.45) is 42.8. The monoisotopic (exact) mass is 1990 g/mol. The maximum Gasteiger partial charge on any atom is 0.261 e. The summed E-state index contributed by atoms with van der Waals surface area (Å²) >= 11 is 14.3. The van der Waals surface area contributed by atoms with E-state index in [2.05, 4.69) is 236 Å². The van der Waals surface area contributed by atoms with Gasteiger partial charge in [0.2, 0.25) is 0 Å². The van der Waals surface area contributed by atoms with Crippen molar-refractivity contribution in [2.45, 2.75) is 313 Å². The highest BCUT2D eigenvalue weighted by Crippen LogP contribution is 2.56. The lowest BCUT2D eigenvalue weighted by atomic mass is 9.98. The largest absolute Gasteiger partial charge is 0.332 e. The van der Waals surface area contributed by atoms with Crippen LogP contribution in [0, 0.1) is 23.7 Å². The highest BCUT2D eigenvalue weighted by atomic mass is 32.1. The first-order valence-electron chi connectivity index (χ1n) is 53.5. The Bertz CT molecular complexity index is 6370. The van der Waals surface area contributed by atoms with Crippen LogP contribution in [0.1, 0.15) is 320 Å². The number of fused-ring (bicyclic) bond motifs is 12. The maximum absolute atomic E-state index is 16.2. The molecule has 726 valence electrons. The van der Waals surface area contributed by atoms with Crippen molar-refractivity contribution in [1.29, 1.82) is 0 Å². The lowest BCUT2D eigenvalue weighted by molar-refractivity contribution is -0.124. The molecular weight excluding hydrogens is 1850 g/mol. The quantitative estimate of drug-likeness (QED) is 0.0355. The van der Waals surface area contributed by atoms with E-state index in [1.54, 1.807) is 68.0 Å². The predicted octanol–water partition coefficient (Wildman–Crippen LogP) is 37.4. The molecule has 4 atom stereocenters. The molecule has 14 aromatic rings. The minimum Gasteiger partial charge on any atom is -0.332 e. The summed E-state index contributed by atoms with van der Waals surface area (Å²) in [5.41, 5.74) is 10.3. The van der Waals surface area contributed by atoms with E-state index in [9.17, 15) is 0 Å². The molecule has 10 aromatic heterocycles. The fraction of sp³-hybridized carbons (Fsp3) is 0.467. The van der Waals surface area contributed by atoms with Crippen LogP contribution in [0.25, 0.3) is 135 Å². The molecule has 4 aromatic carbocycles. The second kappa shape index (κ2) is 46.7. The number of rotatable bonds is 55. The number of unbranched alkanes of at least 4 members (excludes halogenated alkanes) is 22. The molecular formula is C120H144N6O4S8. The number of thiophene rings is 8. The molecule has 0 N–H and O–H groups in total. The molecule has 0 saturated carbocycles. The van der Waals surface area contributed by atoms with Crippen LogP contribution >= 0.6 is 90.7 Å². The van der Waals surface area contributed by atoms with E-state index in [1.165, 1.54) is 201 Å². The van der Waals surface area contributed by atoms with Crippen LogP contribution in [0.3, 0.4) is 0 Å². The number of aryl methyl sites for hydroxylation is 2. The average Bonchev–Trinajstić information content (AvgIpc) is 1.57. The zero-order valence-corrected chi connectivity index (χ0v) is 90.1. The number of aromatic nitrogens is 2. The second-order valence-corrected chi connectivity index (χ2v) is 48.5. The van der Waals surface area contributed by atoms with E-state index in [1.807, 2.05) is 42.3 Å². The molecule has 18 rings (SSSR count). The number of carbonyl (C=O) groups excluding carboxylic acids is 4. The first-order chi connectivity index (χ1) is 67.7. The van der Waals surface area contributed by atoms with Gasteiger partial charge >= 0.3 is 0 Å². The topological polar surface area (TPSA) is 91.1 Å². The molecule has 4 aliphatic heterocycles. The molecule has 0 spiro atoms. The van der Waals surface area contributed by atoms with Gasteiger partial charge in [0, 0.05) is 131 Å². The average molecular weight is 1990 g/mol. The van der Waals surface area contributed by atoms with Gasteiger partial charge < -0.3 is 28.7 Å². The normalized spacial score (nSPS) is 15.3. The van der Waals surface area contributed by atoms with Gasteiger partial charge in [-0.1, -0.05) is 310 Å². The van der Waals surface area contributed by atoms with E-state index in [0.29, 0.717) is 48.5 Å². The summed E-state index contributed by atoms with van der Waals surface area (Å²) in [5, 5.41) is 7.91. The highest BCUT2D eigenvalue weighted by molar-refractivity contribution is 7.29. The van der Waals surface area contributed by atoms with Gasteiger partial charge in [0.15, 0.2) is 0 Å².